The van der Waals surface area contributed by atoms with Crippen LogP contribution in [0.15, 0.2) is 33.9 Å². The molecule has 0 aliphatic carbocycles. The highest BCUT2D eigenvalue weighted by Crippen LogP contribution is 2.26. The molecular weight excluding hydrogens is 256 g/mol. The standard InChI is InChI=1S/C12H13ClN2OS/c1-8(2)11-14-15-12(16-11)17-7-9-5-3-4-6-10(9)13/h3-6,8H,7H2,1-2H3. The number of benzene rings is 1. The Hall–Kier alpha value is -1.00. The molecule has 2 aromatic rings. The molecular formula is C12H13ClN2OS. The Morgan fingerprint density at radius 3 is 2.71 bits per heavy atom. The third-order valence-corrected chi connectivity index (χ3v) is 3.46. The SMILES string of the molecule is CC(C)c1nnc(SCc2ccccc2Cl)o1. The molecule has 90 valence electrons. The number of nitrogens with zero attached hydrogens (tertiary/aromatic N) is 2. The zero-order chi connectivity index (χ0) is 12.3. The Labute approximate surface area is 110 Å². The third-order valence-electron chi connectivity index (χ3n) is 2.22. The van der Waals surface area contributed by atoms with Crippen LogP contribution in [0.2, 0.25) is 5.02 Å². The molecule has 0 bridgehead atoms. The van der Waals surface area contributed by atoms with E-state index in [9.17, 15) is 0 Å². The van der Waals surface area contributed by atoms with E-state index in [0.29, 0.717) is 11.1 Å². The highest BCUT2D eigenvalue weighted by atomic mass is 35.5. The molecule has 3 nitrogen and oxygen atoms in total. The number of hydrogen-bond donors (Lipinski definition) is 0. The Morgan fingerprint density at radius 1 is 1.29 bits per heavy atom. The first-order valence-corrected chi connectivity index (χ1v) is 6.73. The van der Waals surface area contributed by atoms with Crippen LogP contribution in [0.5, 0.6) is 0 Å². The normalized spacial score (nSPS) is 11.1. The van der Waals surface area contributed by atoms with Crippen molar-refractivity contribution in [3.8, 4) is 0 Å². The molecule has 0 saturated heterocycles. The van der Waals surface area contributed by atoms with Gasteiger partial charge in [-0.2, -0.15) is 0 Å². The quantitative estimate of drug-likeness (QED) is 0.781. The molecule has 0 atom stereocenters. The fourth-order valence-electron chi connectivity index (χ4n) is 1.27. The van der Waals surface area contributed by atoms with Gasteiger partial charge in [-0.1, -0.05) is 55.4 Å². The number of halogens is 1. The van der Waals surface area contributed by atoms with Crippen molar-refractivity contribution in [2.45, 2.75) is 30.7 Å². The van der Waals surface area contributed by atoms with Gasteiger partial charge in [0.15, 0.2) is 0 Å². The molecule has 0 spiro atoms. The smallest absolute Gasteiger partial charge is 0.276 e. The van der Waals surface area contributed by atoms with Crippen molar-refractivity contribution >= 4 is 23.4 Å². The Kier molecular flexibility index (Phi) is 4.07. The molecule has 0 N–H and O–H groups in total. The van der Waals surface area contributed by atoms with Crippen molar-refractivity contribution in [1.29, 1.82) is 0 Å². The van der Waals surface area contributed by atoms with Gasteiger partial charge in [0.05, 0.1) is 0 Å². The van der Waals surface area contributed by atoms with Gasteiger partial charge in [0, 0.05) is 16.7 Å². The van der Waals surface area contributed by atoms with E-state index < -0.39 is 0 Å². The van der Waals surface area contributed by atoms with Gasteiger partial charge < -0.3 is 4.42 Å². The summed E-state index contributed by atoms with van der Waals surface area (Å²) in [5.41, 5.74) is 1.07. The first kappa shape index (κ1) is 12.5. The van der Waals surface area contributed by atoms with Gasteiger partial charge >= 0.3 is 0 Å². The summed E-state index contributed by atoms with van der Waals surface area (Å²) in [6.45, 7) is 4.05. The maximum atomic E-state index is 6.07. The van der Waals surface area contributed by atoms with E-state index in [4.69, 9.17) is 16.0 Å². The van der Waals surface area contributed by atoms with Gasteiger partial charge in [-0.15, -0.1) is 10.2 Å². The minimum Gasteiger partial charge on any atom is -0.416 e. The average molecular weight is 269 g/mol. The Bertz CT molecular complexity index is 499. The van der Waals surface area contributed by atoms with Crippen molar-refractivity contribution in [2.24, 2.45) is 0 Å². The van der Waals surface area contributed by atoms with E-state index in [1.54, 1.807) is 0 Å². The zero-order valence-electron chi connectivity index (χ0n) is 9.68. The summed E-state index contributed by atoms with van der Waals surface area (Å²) in [5.74, 6) is 1.67. The van der Waals surface area contributed by atoms with Crippen LogP contribution in [-0.4, -0.2) is 10.2 Å². The minimum atomic E-state index is 0.261. The van der Waals surface area contributed by atoms with E-state index >= 15 is 0 Å². The molecule has 2 rings (SSSR count). The van der Waals surface area contributed by atoms with Gasteiger partial charge in [0.1, 0.15) is 0 Å². The highest BCUT2D eigenvalue weighted by molar-refractivity contribution is 7.98. The summed E-state index contributed by atoms with van der Waals surface area (Å²) >= 11 is 7.57. The summed E-state index contributed by atoms with van der Waals surface area (Å²) in [7, 11) is 0. The van der Waals surface area contributed by atoms with E-state index in [2.05, 4.69) is 10.2 Å². The second-order valence-corrected chi connectivity index (χ2v) is 5.27. The fourth-order valence-corrected chi connectivity index (χ4v) is 2.32. The molecule has 0 aliphatic rings. The molecule has 1 aromatic heterocycles. The summed E-state index contributed by atoms with van der Waals surface area (Å²) in [6.07, 6.45) is 0. The number of aromatic nitrogens is 2. The van der Waals surface area contributed by atoms with E-state index in [1.807, 2.05) is 38.1 Å². The minimum absolute atomic E-state index is 0.261. The topological polar surface area (TPSA) is 38.9 Å². The summed E-state index contributed by atoms with van der Waals surface area (Å²) in [6, 6.07) is 7.76. The largest absolute Gasteiger partial charge is 0.416 e. The molecule has 0 saturated carbocycles. The summed E-state index contributed by atoms with van der Waals surface area (Å²) < 4.78 is 5.50. The van der Waals surface area contributed by atoms with Gasteiger partial charge in [-0.25, -0.2) is 0 Å². The van der Waals surface area contributed by atoms with Crippen molar-refractivity contribution < 1.29 is 4.42 Å². The Morgan fingerprint density at radius 2 is 2.06 bits per heavy atom. The maximum Gasteiger partial charge on any atom is 0.276 e. The molecule has 0 aliphatic heterocycles. The van der Waals surface area contributed by atoms with Crippen LogP contribution in [0.3, 0.4) is 0 Å². The lowest BCUT2D eigenvalue weighted by atomic mass is 10.2. The predicted molar refractivity (Wildman–Crippen MR) is 69.4 cm³/mol. The second kappa shape index (κ2) is 5.56. The highest BCUT2D eigenvalue weighted by Gasteiger charge is 2.10. The molecule has 0 unspecified atom stereocenters. The average Bonchev–Trinajstić information content (AvgIpc) is 2.77. The van der Waals surface area contributed by atoms with Crippen molar-refractivity contribution in [1.82, 2.24) is 10.2 Å². The lowest BCUT2D eigenvalue weighted by Gasteiger charge is -2.00. The van der Waals surface area contributed by atoms with Crippen LogP contribution in [0, 0.1) is 0 Å². The first-order valence-electron chi connectivity index (χ1n) is 5.36. The third kappa shape index (κ3) is 3.23. The van der Waals surface area contributed by atoms with Crippen LogP contribution in [-0.2, 0) is 5.75 Å². The molecule has 0 radical (unpaired) electrons. The number of rotatable bonds is 4. The van der Waals surface area contributed by atoms with Crippen LogP contribution in [0.25, 0.3) is 0 Å². The fraction of sp³-hybridized carbons (Fsp3) is 0.333. The lowest BCUT2D eigenvalue weighted by Crippen LogP contribution is -1.85. The van der Waals surface area contributed by atoms with Crippen molar-refractivity contribution in [2.75, 3.05) is 0 Å². The van der Waals surface area contributed by atoms with Gasteiger partial charge in [0.25, 0.3) is 5.22 Å². The van der Waals surface area contributed by atoms with E-state index in [1.165, 1.54) is 11.8 Å². The Balaban J connectivity index is 2.00. The van der Waals surface area contributed by atoms with E-state index in [-0.39, 0.29) is 5.92 Å². The van der Waals surface area contributed by atoms with Crippen LogP contribution in [0.4, 0.5) is 0 Å². The molecule has 5 heteroatoms. The van der Waals surface area contributed by atoms with Crippen LogP contribution >= 0.6 is 23.4 Å². The molecule has 1 aromatic carbocycles. The predicted octanol–water partition coefficient (Wildman–Crippen LogP) is 4.14. The molecule has 0 amide bonds. The number of hydrogen-bond acceptors (Lipinski definition) is 4. The van der Waals surface area contributed by atoms with E-state index in [0.717, 1.165) is 16.3 Å². The maximum absolute atomic E-state index is 6.07. The van der Waals surface area contributed by atoms with Crippen LogP contribution < -0.4 is 0 Å². The lowest BCUT2D eigenvalue weighted by molar-refractivity contribution is 0.398. The van der Waals surface area contributed by atoms with Gasteiger partial charge in [-0.05, 0) is 11.6 Å². The van der Waals surface area contributed by atoms with Crippen molar-refractivity contribution in [3.63, 3.8) is 0 Å². The first-order chi connectivity index (χ1) is 8.16. The number of thioether (sulfide) groups is 1. The van der Waals surface area contributed by atoms with Crippen molar-refractivity contribution in [3.05, 3.63) is 40.7 Å². The second-order valence-electron chi connectivity index (χ2n) is 3.94. The van der Waals surface area contributed by atoms with Crippen LogP contribution in [0.1, 0.15) is 31.2 Å². The summed E-state index contributed by atoms with van der Waals surface area (Å²) in [5, 5.41) is 9.32. The molecule has 0 fully saturated rings. The summed E-state index contributed by atoms with van der Waals surface area (Å²) in [4.78, 5) is 0. The van der Waals surface area contributed by atoms with Gasteiger partial charge in [-0.3, -0.25) is 0 Å². The molecule has 1 heterocycles. The molecule has 17 heavy (non-hydrogen) atoms. The van der Waals surface area contributed by atoms with Gasteiger partial charge in [0.2, 0.25) is 5.89 Å². The monoisotopic (exact) mass is 268 g/mol. The zero-order valence-corrected chi connectivity index (χ0v) is 11.3.